The highest BCUT2D eigenvalue weighted by molar-refractivity contribution is 7.89. The minimum Gasteiger partial charge on any atom is -0.379 e. The van der Waals surface area contributed by atoms with Gasteiger partial charge in [0.2, 0.25) is 15.9 Å². The number of sulfonamides is 1. The van der Waals surface area contributed by atoms with E-state index in [4.69, 9.17) is 4.74 Å². The standard InChI is InChI=1S/C21H27N3O4S/c1-3-17-7-9-18(10-8-17)22-16(2)21(25)23-19-5-4-6-20(15-19)29(26,27)24-11-13-28-14-12-24/h4-10,15-16,22H,3,11-14H2,1-2H3,(H,23,25)/t16-/m0/s1. The normalized spacial score (nSPS) is 16.2. The third-order valence-corrected chi connectivity index (χ3v) is 6.74. The van der Waals surface area contributed by atoms with Gasteiger partial charge in [-0.15, -0.1) is 0 Å². The van der Waals surface area contributed by atoms with Gasteiger partial charge in [0.05, 0.1) is 18.1 Å². The molecule has 3 rings (SSSR count). The number of rotatable bonds is 7. The van der Waals surface area contributed by atoms with Crippen molar-refractivity contribution >= 4 is 27.3 Å². The summed E-state index contributed by atoms with van der Waals surface area (Å²) in [4.78, 5) is 12.7. The zero-order chi connectivity index (χ0) is 20.9. The molecule has 0 aliphatic carbocycles. The summed E-state index contributed by atoms with van der Waals surface area (Å²) in [5, 5.41) is 5.95. The van der Waals surface area contributed by atoms with Gasteiger partial charge in [-0.2, -0.15) is 4.31 Å². The van der Waals surface area contributed by atoms with Crippen molar-refractivity contribution in [3.05, 3.63) is 54.1 Å². The first-order valence-electron chi connectivity index (χ1n) is 9.74. The van der Waals surface area contributed by atoms with Gasteiger partial charge in [-0.1, -0.05) is 25.1 Å². The first kappa shape index (κ1) is 21.3. The summed E-state index contributed by atoms with van der Waals surface area (Å²) in [6, 6.07) is 13.8. The second-order valence-electron chi connectivity index (χ2n) is 6.95. The van der Waals surface area contributed by atoms with Crippen molar-refractivity contribution in [2.45, 2.75) is 31.2 Å². The van der Waals surface area contributed by atoms with Crippen LogP contribution in [0, 0.1) is 0 Å². The van der Waals surface area contributed by atoms with Crippen molar-refractivity contribution in [2.24, 2.45) is 0 Å². The predicted molar refractivity (Wildman–Crippen MR) is 114 cm³/mol. The average Bonchev–Trinajstić information content (AvgIpc) is 2.75. The molecule has 29 heavy (non-hydrogen) atoms. The zero-order valence-corrected chi connectivity index (χ0v) is 17.5. The molecule has 0 aromatic heterocycles. The van der Waals surface area contributed by atoms with Crippen molar-refractivity contribution in [2.75, 3.05) is 36.9 Å². The lowest BCUT2D eigenvalue weighted by Crippen LogP contribution is -2.40. The Balaban J connectivity index is 1.66. The second kappa shape index (κ2) is 9.39. The topological polar surface area (TPSA) is 87.7 Å². The van der Waals surface area contributed by atoms with Gasteiger partial charge in [-0.05, 0) is 49.2 Å². The Kier molecular flexibility index (Phi) is 6.89. The van der Waals surface area contributed by atoms with Crippen LogP contribution in [0.25, 0.3) is 0 Å². The second-order valence-corrected chi connectivity index (χ2v) is 8.89. The molecule has 0 unspecified atom stereocenters. The van der Waals surface area contributed by atoms with Crippen LogP contribution in [-0.4, -0.2) is 51.0 Å². The third kappa shape index (κ3) is 5.35. The van der Waals surface area contributed by atoms with Gasteiger partial charge in [0, 0.05) is 24.5 Å². The van der Waals surface area contributed by atoms with Crippen LogP contribution in [0.15, 0.2) is 53.4 Å². The monoisotopic (exact) mass is 417 g/mol. The van der Waals surface area contributed by atoms with Crippen LogP contribution in [0.4, 0.5) is 11.4 Å². The summed E-state index contributed by atoms with van der Waals surface area (Å²) < 4.78 is 32.2. The Labute approximate surface area is 172 Å². The van der Waals surface area contributed by atoms with E-state index < -0.39 is 16.1 Å². The summed E-state index contributed by atoms with van der Waals surface area (Å²) in [7, 11) is -3.61. The van der Waals surface area contributed by atoms with Crippen molar-refractivity contribution < 1.29 is 17.9 Å². The number of carbonyl (C=O) groups is 1. The molecular weight excluding hydrogens is 390 g/mol. The molecule has 1 aliphatic rings. The minimum atomic E-state index is -3.61. The van der Waals surface area contributed by atoms with Crippen molar-refractivity contribution in [3.8, 4) is 0 Å². The number of hydrogen-bond donors (Lipinski definition) is 2. The molecule has 7 nitrogen and oxygen atoms in total. The Morgan fingerprint density at radius 2 is 1.79 bits per heavy atom. The fourth-order valence-corrected chi connectivity index (χ4v) is 4.53. The third-order valence-electron chi connectivity index (χ3n) is 4.85. The maximum Gasteiger partial charge on any atom is 0.246 e. The van der Waals surface area contributed by atoms with Gasteiger partial charge >= 0.3 is 0 Å². The molecule has 0 saturated carbocycles. The van der Waals surface area contributed by atoms with E-state index in [0.29, 0.717) is 32.0 Å². The number of carbonyl (C=O) groups excluding carboxylic acids is 1. The van der Waals surface area contributed by atoms with E-state index in [1.807, 2.05) is 24.3 Å². The number of nitrogens with zero attached hydrogens (tertiary/aromatic N) is 1. The smallest absolute Gasteiger partial charge is 0.246 e. The van der Waals surface area contributed by atoms with Gasteiger partial charge in [0.25, 0.3) is 0 Å². The molecule has 0 radical (unpaired) electrons. The molecule has 2 N–H and O–H groups in total. The predicted octanol–water partition coefficient (Wildman–Crippen LogP) is 2.71. The first-order valence-corrected chi connectivity index (χ1v) is 11.2. The van der Waals surface area contributed by atoms with Gasteiger partial charge in [-0.25, -0.2) is 8.42 Å². The van der Waals surface area contributed by atoms with E-state index in [1.165, 1.54) is 22.0 Å². The molecule has 0 spiro atoms. The highest BCUT2D eigenvalue weighted by Gasteiger charge is 2.26. The summed E-state index contributed by atoms with van der Waals surface area (Å²) in [6.45, 7) is 5.28. The molecule has 1 saturated heterocycles. The molecular formula is C21H27N3O4S. The van der Waals surface area contributed by atoms with Crippen molar-refractivity contribution in [3.63, 3.8) is 0 Å². The van der Waals surface area contributed by atoms with E-state index in [0.717, 1.165) is 12.1 Å². The van der Waals surface area contributed by atoms with Crippen LogP contribution in [0.5, 0.6) is 0 Å². The lowest BCUT2D eigenvalue weighted by Gasteiger charge is -2.26. The fourth-order valence-electron chi connectivity index (χ4n) is 3.07. The van der Waals surface area contributed by atoms with Crippen LogP contribution in [-0.2, 0) is 26.0 Å². The van der Waals surface area contributed by atoms with Crippen molar-refractivity contribution in [1.29, 1.82) is 0 Å². The highest BCUT2D eigenvalue weighted by atomic mass is 32.2. The maximum absolute atomic E-state index is 12.8. The molecule has 1 heterocycles. The van der Waals surface area contributed by atoms with E-state index in [2.05, 4.69) is 17.6 Å². The molecule has 1 amide bonds. The maximum atomic E-state index is 12.8. The van der Waals surface area contributed by atoms with E-state index in [1.54, 1.807) is 19.1 Å². The molecule has 1 atom stereocenters. The number of aryl methyl sites for hydroxylation is 1. The highest BCUT2D eigenvalue weighted by Crippen LogP contribution is 2.21. The molecule has 1 aliphatic heterocycles. The number of anilines is 2. The molecule has 0 bridgehead atoms. The molecule has 1 fully saturated rings. The summed E-state index contributed by atoms with van der Waals surface area (Å²) in [5.41, 5.74) is 2.53. The largest absolute Gasteiger partial charge is 0.379 e. The van der Waals surface area contributed by atoms with E-state index in [9.17, 15) is 13.2 Å². The number of amides is 1. The van der Waals surface area contributed by atoms with Crippen LogP contribution >= 0.6 is 0 Å². The van der Waals surface area contributed by atoms with Gasteiger partial charge in [0.1, 0.15) is 6.04 Å². The van der Waals surface area contributed by atoms with Gasteiger partial charge in [0.15, 0.2) is 0 Å². The summed E-state index contributed by atoms with van der Waals surface area (Å²) >= 11 is 0. The van der Waals surface area contributed by atoms with Crippen LogP contribution in [0.1, 0.15) is 19.4 Å². The first-order chi connectivity index (χ1) is 13.9. The summed E-state index contributed by atoms with van der Waals surface area (Å²) in [5.74, 6) is -0.245. The van der Waals surface area contributed by atoms with E-state index in [-0.39, 0.29) is 10.8 Å². The van der Waals surface area contributed by atoms with Crippen LogP contribution < -0.4 is 10.6 Å². The number of ether oxygens (including phenoxy) is 1. The van der Waals surface area contributed by atoms with Crippen LogP contribution in [0.3, 0.4) is 0 Å². The van der Waals surface area contributed by atoms with Gasteiger partial charge < -0.3 is 15.4 Å². The van der Waals surface area contributed by atoms with Gasteiger partial charge in [-0.3, -0.25) is 4.79 Å². The molecule has 156 valence electrons. The molecule has 8 heteroatoms. The molecule has 2 aromatic rings. The fraction of sp³-hybridized carbons (Fsp3) is 0.381. The number of morpholine rings is 1. The molecule has 2 aromatic carbocycles. The average molecular weight is 418 g/mol. The van der Waals surface area contributed by atoms with Crippen LogP contribution in [0.2, 0.25) is 0 Å². The number of benzene rings is 2. The SMILES string of the molecule is CCc1ccc(N[C@@H](C)C(=O)Nc2cccc(S(=O)(=O)N3CCOCC3)c2)cc1. The minimum absolute atomic E-state index is 0.160. The van der Waals surface area contributed by atoms with Crippen molar-refractivity contribution in [1.82, 2.24) is 4.31 Å². The zero-order valence-electron chi connectivity index (χ0n) is 16.7. The Hall–Kier alpha value is -2.42. The van der Waals surface area contributed by atoms with E-state index >= 15 is 0 Å². The summed E-state index contributed by atoms with van der Waals surface area (Å²) in [6.07, 6.45) is 0.958. The Morgan fingerprint density at radius 1 is 1.10 bits per heavy atom. The lowest BCUT2D eigenvalue weighted by molar-refractivity contribution is -0.116. The lowest BCUT2D eigenvalue weighted by atomic mass is 10.1. The Bertz CT molecular complexity index is 939. The quantitative estimate of drug-likeness (QED) is 0.723. The Morgan fingerprint density at radius 3 is 2.45 bits per heavy atom. The number of hydrogen-bond acceptors (Lipinski definition) is 5. The number of nitrogens with one attached hydrogen (secondary N) is 2.